The molecule has 0 amide bonds. The van der Waals surface area contributed by atoms with Crippen LogP contribution in [0.2, 0.25) is 0 Å². The first-order valence-electron chi connectivity index (χ1n) is 11.6. The molecule has 0 radical (unpaired) electrons. The van der Waals surface area contributed by atoms with Crippen molar-refractivity contribution in [3.63, 3.8) is 0 Å². The molecule has 15 nitrogen and oxygen atoms in total. The van der Waals surface area contributed by atoms with E-state index in [4.69, 9.17) is 4.74 Å². The summed E-state index contributed by atoms with van der Waals surface area (Å²) < 4.78 is 88.8. The SMILES string of the molecule is CCN(CC)S(=O)(=O)c1ccc(OC)c(N(S(=O)(=O)c2ccccc2[N+](=O)[O-])S(=O)(=O)c2ccccc2[N+](=O)[O-])c1. The van der Waals surface area contributed by atoms with Gasteiger partial charge in [0.25, 0.3) is 31.4 Å². The summed E-state index contributed by atoms with van der Waals surface area (Å²) in [7, 11) is -14.3. The zero-order valence-corrected chi connectivity index (χ0v) is 24.2. The molecule has 220 valence electrons. The number of hydrogen-bond donors (Lipinski definition) is 0. The van der Waals surface area contributed by atoms with Gasteiger partial charge in [-0.3, -0.25) is 20.2 Å². The average molecular weight is 629 g/mol. The van der Waals surface area contributed by atoms with E-state index < -0.39 is 77.4 Å². The van der Waals surface area contributed by atoms with Crippen molar-refractivity contribution in [1.29, 1.82) is 0 Å². The fraction of sp³-hybridized carbons (Fsp3) is 0.217. The molecule has 3 aromatic rings. The number of ether oxygens (including phenoxy) is 1. The summed E-state index contributed by atoms with van der Waals surface area (Å²) in [5, 5.41) is 23.4. The van der Waals surface area contributed by atoms with E-state index in [1.807, 2.05) is 0 Å². The fourth-order valence-electron chi connectivity index (χ4n) is 3.90. The predicted molar refractivity (Wildman–Crippen MR) is 146 cm³/mol. The van der Waals surface area contributed by atoms with Crippen LogP contribution in [0.1, 0.15) is 13.8 Å². The summed E-state index contributed by atoms with van der Waals surface area (Å²) in [6.45, 7) is 3.14. The van der Waals surface area contributed by atoms with Crippen LogP contribution in [-0.2, 0) is 30.1 Å². The highest BCUT2D eigenvalue weighted by molar-refractivity contribution is 8.10. The van der Waals surface area contributed by atoms with E-state index in [-0.39, 0.29) is 16.8 Å². The molecule has 0 unspecified atom stereocenters. The molecule has 0 atom stereocenters. The minimum absolute atomic E-state index is 0.0208. The van der Waals surface area contributed by atoms with E-state index in [0.717, 1.165) is 72.1 Å². The van der Waals surface area contributed by atoms with Crippen molar-refractivity contribution in [2.24, 2.45) is 0 Å². The minimum atomic E-state index is -5.51. The third-order valence-electron chi connectivity index (χ3n) is 5.81. The zero-order valence-electron chi connectivity index (χ0n) is 21.8. The molecule has 3 rings (SSSR count). The molecule has 3 aromatic carbocycles. The quantitative estimate of drug-likeness (QED) is 0.210. The highest BCUT2D eigenvalue weighted by Gasteiger charge is 2.44. The lowest BCUT2D eigenvalue weighted by Gasteiger charge is -2.26. The van der Waals surface area contributed by atoms with E-state index >= 15 is 0 Å². The first-order valence-corrected chi connectivity index (χ1v) is 15.9. The fourth-order valence-corrected chi connectivity index (χ4v) is 9.37. The Bertz CT molecular complexity index is 1740. The number of para-hydroxylation sites is 2. The summed E-state index contributed by atoms with van der Waals surface area (Å²) in [4.78, 5) is 18.6. The van der Waals surface area contributed by atoms with Crippen LogP contribution >= 0.6 is 0 Å². The Morgan fingerprint density at radius 2 is 1.15 bits per heavy atom. The van der Waals surface area contributed by atoms with E-state index in [1.165, 1.54) is 0 Å². The lowest BCUT2D eigenvalue weighted by atomic mass is 10.3. The molecule has 0 heterocycles. The predicted octanol–water partition coefficient (Wildman–Crippen LogP) is 3.13. The van der Waals surface area contributed by atoms with Gasteiger partial charge in [0.15, 0.2) is 9.79 Å². The van der Waals surface area contributed by atoms with E-state index in [2.05, 4.69) is 0 Å². The lowest BCUT2D eigenvalue weighted by Crippen LogP contribution is -2.38. The van der Waals surface area contributed by atoms with Gasteiger partial charge in [-0.25, -0.2) is 8.42 Å². The Labute approximate surface area is 236 Å². The number of nitro benzene ring substituents is 2. The van der Waals surface area contributed by atoms with Gasteiger partial charge in [0.1, 0.15) is 11.4 Å². The van der Waals surface area contributed by atoms with Gasteiger partial charge in [0, 0.05) is 25.2 Å². The number of nitro groups is 2. The molecule has 0 saturated carbocycles. The van der Waals surface area contributed by atoms with Gasteiger partial charge in [-0.1, -0.05) is 38.1 Å². The summed E-state index contributed by atoms with van der Waals surface area (Å²) >= 11 is 0. The minimum Gasteiger partial charge on any atom is -0.495 e. The topological polar surface area (TPSA) is 204 Å². The zero-order chi connectivity index (χ0) is 30.8. The second kappa shape index (κ2) is 11.8. The van der Waals surface area contributed by atoms with Crippen LogP contribution in [0.15, 0.2) is 81.4 Å². The maximum atomic E-state index is 14.1. The second-order valence-corrected chi connectivity index (χ2v) is 13.8. The van der Waals surface area contributed by atoms with Gasteiger partial charge in [-0.2, -0.15) is 24.9 Å². The molecule has 0 aromatic heterocycles. The standard InChI is InChI=1S/C23H24N4O11S3/c1-4-24(5-2)39(32,33)17-14-15-21(38-3)20(16-17)27(40(34,35)22-12-8-6-10-18(22)25(28)29)41(36,37)23-13-9-7-11-19(23)26(30)31/h6-16H,4-5H2,1-3H3. The maximum absolute atomic E-state index is 14.1. The summed E-state index contributed by atoms with van der Waals surface area (Å²) in [5.74, 6) is -0.465. The Kier molecular flexibility index (Phi) is 9.01. The molecule has 0 aliphatic rings. The summed E-state index contributed by atoms with van der Waals surface area (Å²) in [6.07, 6.45) is 0. The molecule has 0 aliphatic heterocycles. The Balaban J connectivity index is 2.53. The Hall–Kier alpha value is -4.13. The first-order chi connectivity index (χ1) is 19.2. The number of nitrogens with zero attached hydrogens (tertiary/aromatic N) is 4. The van der Waals surface area contributed by atoms with Crippen LogP contribution in [0.5, 0.6) is 5.75 Å². The third kappa shape index (κ3) is 5.71. The normalized spacial score (nSPS) is 12.2. The number of methoxy groups -OCH3 is 1. The molecule has 0 saturated heterocycles. The van der Waals surface area contributed by atoms with Crippen molar-refractivity contribution < 1.29 is 39.8 Å². The number of anilines is 1. The third-order valence-corrected chi connectivity index (χ3v) is 12.1. The van der Waals surface area contributed by atoms with Gasteiger partial charge in [-0.15, -0.1) is 0 Å². The highest BCUT2D eigenvalue weighted by atomic mass is 32.3. The molecule has 0 spiro atoms. The van der Waals surface area contributed by atoms with Crippen LogP contribution < -0.4 is 8.45 Å². The van der Waals surface area contributed by atoms with Crippen molar-refractivity contribution in [2.75, 3.05) is 23.9 Å². The van der Waals surface area contributed by atoms with Crippen molar-refractivity contribution in [2.45, 2.75) is 28.5 Å². The van der Waals surface area contributed by atoms with Crippen LogP contribution in [-0.4, -0.2) is 59.6 Å². The smallest absolute Gasteiger partial charge is 0.289 e. The van der Waals surface area contributed by atoms with Gasteiger partial charge in [0.05, 0.1) is 21.9 Å². The molecular formula is C23H24N4O11S3. The van der Waals surface area contributed by atoms with Crippen LogP contribution in [0.4, 0.5) is 17.1 Å². The Morgan fingerprint density at radius 1 is 0.707 bits per heavy atom. The first kappa shape index (κ1) is 31.4. The number of benzene rings is 3. The van der Waals surface area contributed by atoms with E-state index in [0.29, 0.717) is 6.07 Å². The van der Waals surface area contributed by atoms with Crippen molar-refractivity contribution in [3.8, 4) is 5.75 Å². The van der Waals surface area contributed by atoms with Crippen LogP contribution in [0.3, 0.4) is 0 Å². The number of rotatable bonds is 12. The van der Waals surface area contributed by atoms with Crippen molar-refractivity contribution in [1.82, 2.24) is 4.31 Å². The largest absolute Gasteiger partial charge is 0.495 e. The number of sulfonamides is 3. The molecule has 0 aliphatic carbocycles. The molecule has 18 heteroatoms. The van der Waals surface area contributed by atoms with Crippen LogP contribution in [0, 0.1) is 20.2 Å². The van der Waals surface area contributed by atoms with Crippen molar-refractivity contribution in [3.05, 3.63) is 87.0 Å². The van der Waals surface area contributed by atoms with Crippen LogP contribution in [0.25, 0.3) is 0 Å². The van der Waals surface area contributed by atoms with Gasteiger partial charge in [0.2, 0.25) is 10.0 Å². The molecule has 0 N–H and O–H groups in total. The van der Waals surface area contributed by atoms with Gasteiger partial charge >= 0.3 is 0 Å². The van der Waals surface area contributed by atoms with Crippen molar-refractivity contribution >= 4 is 47.1 Å². The van der Waals surface area contributed by atoms with E-state index in [1.54, 1.807) is 13.8 Å². The monoisotopic (exact) mass is 628 g/mol. The number of hydrogen-bond acceptors (Lipinski definition) is 11. The molecule has 0 fully saturated rings. The second-order valence-electron chi connectivity index (χ2n) is 8.08. The molecule has 0 bridgehead atoms. The molecule has 41 heavy (non-hydrogen) atoms. The van der Waals surface area contributed by atoms with Gasteiger partial charge < -0.3 is 4.74 Å². The van der Waals surface area contributed by atoms with E-state index in [9.17, 15) is 45.5 Å². The lowest BCUT2D eigenvalue weighted by molar-refractivity contribution is -0.388. The maximum Gasteiger partial charge on any atom is 0.289 e. The van der Waals surface area contributed by atoms with Gasteiger partial charge in [-0.05, 0) is 30.3 Å². The Morgan fingerprint density at radius 3 is 1.54 bits per heavy atom. The molecular weight excluding hydrogens is 604 g/mol. The highest BCUT2D eigenvalue weighted by Crippen LogP contribution is 2.42. The summed E-state index contributed by atoms with van der Waals surface area (Å²) in [6, 6.07) is 10.5. The average Bonchev–Trinajstić information content (AvgIpc) is 2.93. The summed E-state index contributed by atoms with van der Waals surface area (Å²) in [5.41, 5.74) is -2.88.